The first kappa shape index (κ1) is 25.5. The first-order chi connectivity index (χ1) is 18.6. The third-order valence-electron chi connectivity index (χ3n) is 7.09. The number of anilines is 3. The summed E-state index contributed by atoms with van der Waals surface area (Å²) < 4.78 is 0. The van der Waals surface area contributed by atoms with Gasteiger partial charge in [-0.15, -0.1) is 0 Å². The molecule has 1 saturated carbocycles. The zero-order valence-corrected chi connectivity index (χ0v) is 21.7. The van der Waals surface area contributed by atoms with Crippen molar-refractivity contribution in [3.05, 3.63) is 72.1 Å². The van der Waals surface area contributed by atoms with Crippen LogP contribution in [0.4, 0.5) is 22.1 Å². The minimum absolute atomic E-state index is 0.211. The average molecular weight is 514 g/mol. The van der Waals surface area contributed by atoms with E-state index in [9.17, 15) is 9.59 Å². The van der Waals surface area contributed by atoms with E-state index < -0.39 is 12.2 Å². The maximum Gasteiger partial charge on any atom is 0.321 e. The van der Waals surface area contributed by atoms with Crippen molar-refractivity contribution in [2.24, 2.45) is 10.9 Å². The van der Waals surface area contributed by atoms with E-state index in [0.29, 0.717) is 24.7 Å². The smallest absolute Gasteiger partial charge is 0.321 e. The minimum atomic E-state index is -0.991. The second-order valence-electron chi connectivity index (χ2n) is 9.85. The van der Waals surface area contributed by atoms with Gasteiger partial charge in [0.1, 0.15) is 0 Å². The quantitative estimate of drug-likeness (QED) is 0.327. The van der Waals surface area contributed by atoms with Gasteiger partial charge in [-0.3, -0.25) is 9.79 Å². The average Bonchev–Trinajstić information content (AvgIpc) is 3.44. The predicted octanol–water partition coefficient (Wildman–Crippen LogP) is 5.30. The Kier molecular flexibility index (Phi) is 8.01. The van der Waals surface area contributed by atoms with Gasteiger partial charge in [0.15, 0.2) is 5.95 Å². The van der Waals surface area contributed by atoms with E-state index in [4.69, 9.17) is 4.99 Å². The van der Waals surface area contributed by atoms with Gasteiger partial charge in [-0.25, -0.2) is 9.78 Å². The Morgan fingerprint density at radius 3 is 2.74 bits per heavy atom. The molecular weight excluding hydrogens is 478 g/mol. The molecule has 0 radical (unpaired) electrons. The molecule has 1 aliphatic heterocycles. The highest BCUT2D eigenvalue weighted by Gasteiger charge is 2.34. The zero-order valence-electron chi connectivity index (χ0n) is 21.7. The Bertz CT molecular complexity index is 1280. The summed E-state index contributed by atoms with van der Waals surface area (Å²) in [6.45, 7) is 3.16. The molecule has 2 aliphatic rings. The SMILES string of the molecule is CCCN1C(=O)[C@H](NC(=O)Nc2cccc(CNc3ncc[nH]3)c2)N=C(C2CCCCC2)c2ccccc21. The zero-order chi connectivity index (χ0) is 26.3. The molecule has 3 amide bonds. The molecule has 1 atom stereocenters. The summed E-state index contributed by atoms with van der Waals surface area (Å²) in [7, 11) is 0. The third-order valence-corrected chi connectivity index (χ3v) is 7.09. The molecule has 0 spiro atoms. The first-order valence-electron chi connectivity index (χ1n) is 13.5. The summed E-state index contributed by atoms with van der Waals surface area (Å²) in [6.07, 6.45) is 8.88. The highest BCUT2D eigenvalue weighted by atomic mass is 16.2. The number of hydrogen-bond donors (Lipinski definition) is 4. The molecule has 5 rings (SSSR count). The van der Waals surface area contributed by atoms with Crippen molar-refractivity contribution in [3.8, 4) is 0 Å². The van der Waals surface area contributed by atoms with Gasteiger partial charge < -0.3 is 25.8 Å². The number of carbonyl (C=O) groups is 2. The molecule has 2 heterocycles. The fraction of sp³-hybridized carbons (Fsp3) is 0.379. The number of para-hydroxylation sites is 1. The number of rotatable bonds is 8. The van der Waals surface area contributed by atoms with Crippen LogP contribution in [0.15, 0.2) is 65.9 Å². The molecule has 2 aromatic carbocycles. The molecule has 198 valence electrons. The molecule has 0 unspecified atom stereocenters. The lowest BCUT2D eigenvalue weighted by Gasteiger charge is -2.26. The number of benzene rings is 2. The monoisotopic (exact) mass is 513 g/mol. The highest BCUT2D eigenvalue weighted by Crippen LogP contribution is 2.34. The van der Waals surface area contributed by atoms with E-state index in [-0.39, 0.29) is 11.8 Å². The number of H-pyrrole nitrogens is 1. The summed E-state index contributed by atoms with van der Waals surface area (Å²) in [4.78, 5) is 40.7. The molecular formula is C29H35N7O2. The number of urea groups is 1. The van der Waals surface area contributed by atoms with Crippen LogP contribution in [-0.2, 0) is 11.3 Å². The number of aliphatic imine (C=N–C) groups is 1. The third kappa shape index (κ3) is 5.88. The van der Waals surface area contributed by atoms with Crippen LogP contribution in [0.2, 0.25) is 0 Å². The van der Waals surface area contributed by atoms with Crippen LogP contribution in [-0.4, -0.2) is 40.3 Å². The molecule has 1 aromatic heterocycles. The van der Waals surface area contributed by atoms with Gasteiger partial charge in [-0.05, 0) is 43.0 Å². The number of carbonyl (C=O) groups excluding carboxylic acids is 2. The van der Waals surface area contributed by atoms with Crippen LogP contribution in [0.3, 0.4) is 0 Å². The van der Waals surface area contributed by atoms with Gasteiger partial charge >= 0.3 is 6.03 Å². The maximum absolute atomic E-state index is 13.7. The van der Waals surface area contributed by atoms with E-state index in [1.807, 2.05) is 49.4 Å². The Morgan fingerprint density at radius 2 is 1.95 bits per heavy atom. The largest absolute Gasteiger partial charge is 0.352 e. The van der Waals surface area contributed by atoms with Gasteiger partial charge in [0, 0.05) is 42.7 Å². The summed E-state index contributed by atoms with van der Waals surface area (Å²) in [6, 6.07) is 15.1. The summed E-state index contributed by atoms with van der Waals surface area (Å²) in [5, 5.41) is 8.95. The molecule has 4 N–H and O–H groups in total. The van der Waals surface area contributed by atoms with E-state index in [1.165, 1.54) is 6.42 Å². The summed E-state index contributed by atoms with van der Waals surface area (Å²) in [5.74, 6) is 0.749. The van der Waals surface area contributed by atoms with Crippen molar-refractivity contribution in [2.75, 3.05) is 22.1 Å². The fourth-order valence-electron chi connectivity index (χ4n) is 5.30. The van der Waals surface area contributed by atoms with Crippen LogP contribution in [0, 0.1) is 5.92 Å². The van der Waals surface area contributed by atoms with Crippen LogP contribution < -0.4 is 20.9 Å². The molecule has 1 fully saturated rings. The van der Waals surface area contributed by atoms with E-state index in [1.54, 1.807) is 17.3 Å². The molecule has 38 heavy (non-hydrogen) atoms. The molecule has 1 aliphatic carbocycles. The number of fused-ring (bicyclic) bond motifs is 1. The number of aromatic amines is 1. The number of benzodiazepines with no additional fused rings is 1. The van der Waals surface area contributed by atoms with Gasteiger partial charge in [0.05, 0.1) is 11.4 Å². The van der Waals surface area contributed by atoms with Crippen LogP contribution in [0.1, 0.15) is 56.6 Å². The van der Waals surface area contributed by atoms with E-state index >= 15 is 0 Å². The number of amides is 3. The van der Waals surface area contributed by atoms with Crippen molar-refractivity contribution in [3.63, 3.8) is 0 Å². The highest BCUT2D eigenvalue weighted by molar-refractivity contribution is 6.14. The number of hydrogen-bond acceptors (Lipinski definition) is 5. The topological polar surface area (TPSA) is 115 Å². The van der Waals surface area contributed by atoms with Crippen LogP contribution in [0.25, 0.3) is 0 Å². The van der Waals surface area contributed by atoms with Crippen molar-refractivity contribution in [1.82, 2.24) is 15.3 Å². The van der Waals surface area contributed by atoms with Crippen molar-refractivity contribution >= 4 is 35.0 Å². The maximum atomic E-state index is 13.7. The van der Waals surface area contributed by atoms with Gasteiger partial charge in [0.2, 0.25) is 6.17 Å². The van der Waals surface area contributed by atoms with Gasteiger partial charge in [-0.1, -0.05) is 56.5 Å². The number of nitrogens with one attached hydrogen (secondary N) is 4. The van der Waals surface area contributed by atoms with E-state index in [2.05, 4.69) is 32.0 Å². The minimum Gasteiger partial charge on any atom is -0.352 e. The fourth-order valence-corrected chi connectivity index (χ4v) is 5.30. The van der Waals surface area contributed by atoms with Crippen molar-refractivity contribution in [2.45, 2.75) is 58.2 Å². The van der Waals surface area contributed by atoms with Crippen molar-refractivity contribution in [1.29, 1.82) is 0 Å². The molecule has 0 saturated heterocycles. The lowest BCUT2D eigenvalue weighted by Crippen LogP contribution is -2.48. The van der Waals surface area contributed by atoms with E-state index in [0.717, 1.165) is 54.6 Å². The van der Waals surface area contributed by atoms with Crippen molar-refractivity contribution < 1.29 is 9.59 Å². The number of nitrogens with zero attached hydrogens (tertiary/aromatic N) is 3. The Morgan fingerprint density at radius 1 is 1.11 bits per heavy atom. The normalized spacial score (nSPS) is 17.8. The lowest BCUT2D eigenvalue weighted by molar-refractivity contribution is -0.120. The van der Waals surface area contributed by atoms with Crippen LogP contribution in [0.5, 0.6) is 0 Å². The molecule has 0 bridgehead atoms. The summed E-state index contributed by atoms with van der Waals surface area (Å²) in [5.41, 5.74) is 4.43. The molecule has 9 nitrogen and oxygen atoms in total. The summed E-state index contributed by atoms with van der Waals surface area (Å²) >= 11 is 0. The van der Waals surface area contributed by atoms with Gasteiger partial charge in [0.25, 0.3) is 5.91 Å². The lowest BCUT2D eigenvalue weighted by atomic mass is 9.83. The second kappa shape index (κ2) is 11.9. The molecule has 9 heteroatoms. The Balaban J connectivity index is 1.35. The second-order valence-corrected chi connectivity index (χ2v) is 9.85. The van der Waals surface area contributed by atoms with Gasteiger partial charge in [-0.2, -0.15) is 0 Å². The standard InChI is InChI=1S/C29H35N7O2/c1-2-17-36-24-14-7-6-13-23(24)25(21-10-4-3-5-11-21)34-26(27(36)37)35-29(38)33-22-12-8-9-20(18-22)19-32-28-30-15-16-31-28/h6-9,12-16,18,21,26H,2-5,10-11,17,19H2,1H3,(H2,30,31,32)(H2,33,35,38)/t26-/m0/s1. The molecule has 3 aromatic rings. The first-order valence-corrected chi connectivity index (χ1v) is 13.5. The number of aromatic nitrogens is 2. The number of imidazole rings is 1. The Hall–Kier alpha value is -4.14. The predicted molar refractivity (Wildman–Crippen MR) is 150 cm³/mol. The van der Waals surface area contributed by atoms with Crippen LogP contribution >= 0.6 is 0 Å². The Labute approximate surface area is 223 Å².